The second-order valence-corrected chi connectivity index (χ2v) is 4.17. The number of fused-ring (bicyclic) bond motifs is 1. The molecule has 1 nitrogen and oxygen atoms in total. The van der Waals surface area contributed by atoms with Crippen LogP contribution in [0.3, 0.4) is 0 Å². The second kappa shape index (κ2) is 2.78. The summed E-state index contributed by atoms with van der Waals surface area (Å²) in [5, 5.41) is 0. The summed E-state index contributed by atoms with van der Waals surface area (Å²) < 4.78 is 0. The first-order valence-corrected chi connectivity index (χ1v) is 5.12. The zero-order chi connectivity index (χ0) is 7.73. The SMILES string of the molecule is CCCCC12CCCN1CC2. The van der Waals surface area contributed by atoms with Crippen LogP contribution in [-0.2, 0) is 0 Å². The molecule has 2 aliphatic heterocycles. The molecule has 2 saturated heterocycles. The Kier molecular flexibility index (Phi) is 1.92. The van der Waals surface area contributed by atoms with E-state index in [1.54, 1.807) is 0 Å². The van der Waals surface area contributed by atoms with E-state index in [0.717, 1.165) is 5.54 Å². The van der Waals surface area contributed by atoms with E-state index in [4.69, 9.17) is 0 Å². The first kappa shape index (κ1) is 7.60. The van der Waals surface area contributed by atoms with Crippen LogP contribution < -0.4 is 0 Å². The molecular formula is C10H19N. The maximum atomic E-state index is 2.71. The van der Waals surface area contributed by atoms with Crippen molar-refractivity contribution in [3.8, 4) is 0 Å². The monoisotopic (exact) mass is 153 g/mol. The summed E-state index contributed by atoms with van der Waals surface area (Å²) in [6.07, 6.45) is 8.74. The molecule has 0 spiro atoms. The maximum Gasteiger partial charge on any atom is 0.0222 e. The summed E-state index contributed by atoms with van der Waals surface area (Å²) >= 11 is 0. The molecule has 0 aromatic heterocycles. The van der Waals surface area contributed by atoms with Gasteiger partial charge < -0.3 is 0 Å². The molecule has 0 aromatic rings. The molecule has 1 heteroatoms. The van der Waals surface area contributed by atoms with E-state index >= 15 is 0 Å². The summed E-state index contributed by atoms with van der Waals surface area (Å²) in [6.45, 7) is 5.09. The predicted molar refractivity (Wildman–Crippen MR) is 47.7 cm³/mol. The summed E-state index contributed by atoms with van der Waals surface area (Å²) in [7, 11) is 0. The van der Waals surface area contributed by atoms with Gasteiger partial charge in [0.25, 0.3) is 0 Å². The maximum absolute atomic E-state index is 2.71. The van der Waals surface area contributed by atoms with Crippen molar-refractivity contribution in [2.45, 2.75) is 51.0 Å². The van der Waals surface area contributed by atoms with Crippen LogP contribution in [0.2, 0.25) is 0 Å². The molecule has 0 amide bonds. The van der Waals surface area contributed by atoms with Gasteiger partial charge in [-0.1, -0.05) is 19.8 Å². The number of hydrogen-bond donors (Lipinski definition) is 0. The highest BCUT2D eigenvalue weighted by Gasteiger charge is 2.46. The van der Waals surface area contributed by atoms with E-state index in [2.05, 4.69) is 11.8 Å². The van der Waals surface area contributed by atoms with Crippen LogP contribution in [-0.4, -0.2) is 23.5 Å². The van der Waals surface area contributed by atoms with Gasteiger partial charge in [-0.2, -0.15) is 0 Å². The lowest BCUT2D eigenvalue weighted by Crippen LogP contribution is -2.55. The van der Waals surface area contributed by atoms with Crippen LogP contribution in [0.5, 0.6) is 0 Å². The lowest BCUT2D eigenvalue weighted by Gasteiger charge is -2.48. The third-order valence-electron chi connectivity index (χ3n) is 3.58. The van der Waals surface area contributed by atoms with Crippen molar-refractivity contribution >= 4 is 0 Å². The summed E-state index contributed by atoms with van der Waals surface area (Å²) in [5.74, 6) is 0. The first-order chi connectivity index (χ1) is 5.37. The van der Waals surface area contributed by atoms with Crippen molar-refractivity contribution in [2.75, 3.05) is 13.1 Å². The molecule has 0 radical (unpaired) electrons. The van der Waals surface area contributed by atoms with Gasteiger partial charge in [-0.05, 0) is 32.2 Å². The van der Waals surface area contributed by atoms with E-state index in [1.165, 1.54) is 51.6 Å². The van der Waals surface area contributed by atoms with Crippen molar-refractivity contribution < 1.29 is 0 Å². The highest BCUT2D eigenvalue weighted by molar-refractivity contribution is 5.03. The van der Waals surface area contributed by atoms with Crippen LogP contribution in [0.15, 0.2) is 0 Å². The Bertz CT molecular complexity index is 144. The minimum atomic E-state index is 0.718. The normalized spacial score (nSPS) is 36.8. The topological polar surface area (TPSA) is 3.24 Å². The molecule has 64 valence electrons. The van der Waals surface area contributed by atoms with Gasteiger partial charge in [0.15, 0.2) is 0 Å². The molecule has 11 heavy (non-hydrogen) atoms. The molecule has 1 unspecified atom stereocenters. The van der Waals surface area contributed by atoms with Crippen LogP contribution in [0.25, 0.3) is 0 Å². The third-order valence-corrected chi connectivity index (χ3v) is 3.58. The Morgan fingerprint density at radius 2 is 2.18 bits per heavy atom. The molecule has 0 bridgehead atoms. The first-order valence-electron chi connectivity index (χ1n) is 5.12. The van der Waals surface area contributed by atoms with Crippen LogP contribution in [0, 0.1) is 0 Å². The quantitative estimate of drug-likeness (QED) is 0.602. The molecule has 0 aliphatic carbocycles. The molecule has 2 heterocycles. The Hall–Kier alpha value is -0.0400. The molecule has 2 fully saturated rings. The van der Waals surface area contributed by atoms with Gasteiger partial charge in [0, 0.05) is 12.1 Å². The zero-order valence-corrected chi connectivity index (χ0v) is 7.60. The molecular weight excluding hydrogens is 134 g/mol. The van der Waals surface area contributed by atoms with Gasteiger partial charge in [-0.15, -0.1) is 0 Å². The summed E-state index contributed by atoms with van der Waals surface area (Å²) in [6, 6.07) is 0. The highest BCUT2D eigenvalue weighted by Crippen LogP contribution is 2.43. The average Bonchev–Trinajstić information content (AvgIpc) is 2.26. The van der Waals surface area contributed by atoms with Gasteiger partial charge in [-0.3, -0.25) is 4.90 Å². The van der Waals surface area contributed by atoms with Crippen LogP contribution in [0.1, 0.15) is 45.4 Å². The van der Waals surface area contributed by atoms with E-state index in [1.807, 2.05) is 0 Å². The van der Waals surface area contributed by atoms with Crippen molar-refractivity contribution in [1.82, 2.24) is 4.90 Å². The number of nitrogens with zero attached hydrogens (tertiary/aromatic N) is 1. The van der Waals surface area contributed by atoms with Gasteiger partial charge in [-0.25, -0.2) is 0 Å². The Balaban J connectivity index is 1.88. The second-order valence-electron chi connectivity index (χ2n) is 4.17. The molecule has 1 atom stereocenters. The van der Waals surface area contributed by atoms with Crippen LogP contribution >= 0.6 is 0 Å². The molecule has 0 N–H and O–H groups in total. The molecule has 0 aromatic carbocycles. The van der Waals surface area contributed by atoms with Gasteiger partial charge in [0.1, 0.15) is 0 Å². The fourth-order valence-electron chi connectivity index (χ4n) is 2.73. The minimum Gasteiger partial charge on any atom is -0.298 e. The zero-order valence-electron chi connectivity index (χ0n) is 7.60. The van der Waals surface area contributed by atoms with Gasteiger partial charge in [0.2, 0.25) is 0 Å². The highest BCUT2D eigenvalue weighted by atomic mass is 15.3. The van der Waals surface area contributed by atoms with E-state index in [-0.39, 0.29) is 0 Å². The molecule has 2 rings (SSSR count). The Labute approximate surface area is 69.8 Å². The van der Waals surface area contributed by atoms with E-state index in [0.29, 0.717) is 0 Å². The van der Waals surface area contributed by atoms with E-state index < -0.39 is 0 Å². The van der Waals surface area contributed by atoms with Crippen molar-refractivity contribution in [3.05, 3.63) is 0 Å². The average molecular weight is 153 g/mol. The van der Waals surface area contributed by atoms with Crippen molar-refractivity contribution in [1.29, 1.82) is 0 Å². The minimum absolute atomic E-state index is 0.718. The largest absolute Gasteiger partial charge is 0.298 e. The number of hydrogen-bond acceptors (Lipinski definition) is 1. The number of unbranched alkanes of at least 4 members (excludes halogenated alkanes) is 1. The standard InChI is InChI=1S/C10H19N/c1-2-3-5-10-6-4-8-11(10)9-7-10/h2-9H2,1H3. The van der Waals surface area contributed by atoms with Crippen molar-refractivity contribution in [2.24, 2.45) is 0 Å². The Morgan fingerprint density at radius 1 is 1.27 bits per heavy atom. The molecule has 0 saturated carbocycles. The lowest BCUT2D eigenvalue weighted by atomic mass is 9.80. The van der Waals surface area contributed by atoms with Gasteiger partial charge >= 0.3 is 0 Å². The van der Waals surface area contributed by atoms with Crippen LogP contribution in [0.4, 0.5) is 0 Å². The summed E-state index contributed by atoms with van der Waals surface area (Å²) in [5.41, 5.74) is 0.718. The van der Waals surface area contributed by atoms with Gasteiger partial charge in [0.05, 0.1) is 0 Å². The van der Waals surface area contributed by atoms with E-state index in [9.17, 15) is 0 Å². The fraction of sp³-hybridized carbons (Fsp3) is 1.00. The lowest BCUT2D eigenvalue weighted by molar-refractivity contribution is 0.0184. The predicted octanol–water partition coefficient (Wildman–Crippen LogP) is 2.41. The third kappa shape index (κ3) is 1.10. The molecule has 2 aliphatic rings. The van der Waals surface area contributed by atoms with Crippen molar-refractivity contribution in [3.63, 3.8) is 0 Å². The summed E-state index contributed by atoms with van der Waals surface area (Å²) in [4.78, 5) is 2.71. The smallest absolute Gasteiger partial charge is 0.0222 e. The Morgan fingerprint density at radius 3 is 2.73 bits per heavy atom. The number of rotatable bonds is 3. The fourth-order valence-corrected chi connectivity index (χ4v) is 2.73.